The van der Waals surface area contributed by atoms with Crippen molar-refractivity contribution < 1.29 is 48.1 Å². The Labute approximate surface area is 199 Å². The van der Waals surface area contributed by atoms with E-state index in [1.165, 1.54) is 22.3 Å². The van der Waals surface area contributed by atoms with Crippen molar-refractivity contribution in [3.05, 3.63) is 84.0 Å². The third-order valence-corrected chi connectivity index (χ3v) is 15.4. The van der Waals surface area contributed by atoms with Gasteiger partial charge in [0.05, 0.1) is 0 Å². The quantitative estimate of drug-likeness (QED) is 0.355. The molecule has 0 nitrogen and oxygen atoms in total. The molecule has 0 N–H and O–H groups in total. The molecule has 0 bridgehead atoms. The van der Waals surface area contributed by atoms with Crippen LogP contribution in [0.3, 0.4) is 0 Å². The van der Waals surface area contributed by atoms with E-state index in [4.69, 9.17) is 0 Å². The van der Waals surface area contributed by atoms with Crippen LogP contribution >= 0.6 is 0 Å². The molecule has 0 saturated carbocycles. The maximum Gasteiger partial charge on any atom is -0.0253 e. The standard InChI is InChI=1S/C13H9.C6H14Si.C5H5.2ClH.Zr/c1-3-7-12-10(5-1)9-11-6-2-4-8-13(11)12;1-5(2)7-6(3)4;1-2-4-5-3-1;;;/h1-5,7-8H,9H2;5-6H,1-4H3;1-3H,4H2;2*1H;/q-1;;-1;;;+2/p-2. The number of hydrogen-bond acceptors (Lipinski definition) is 0. The smallest absolute Gasteiger partial charge is 0.0253 e. The predicted octanol–water partition coefficient (Wildman–Crippen LogP) is 0.716. The molecule has 2 aromatic rings. The van der Waals surface area contributed by atoms with Gasteiger partial charge in [-0.2, -0.15) is 35.9 Å². The summed E-state index contributed by atoms with van der Waals surface area (Å²) in [6, 6.07) is 18.1. The number of halogens is 2. The minimum absolute atomic E-state index is 0. The van der Waals surface area contributed by atoms with Crippen LogP contribution in [0.2, 0.25) is 11.1 Å². The van der Waals surface area contributed by atoms with E-state index in [1.54, 1.807) is 23.3 Å². The van der Waals surface area contributed by atoms with Gasteiger partial charge in [0.15, 0.2) is 0 Å². The molecular formula is C24H28Cl2SiZr-2. The third-order valence-electron chi connectivity index (χ3n) is 4.45. The Kier molecular flexibility index (Phi) is 14.4. The molecule has 4 heteroatoms. The summed E-state index contributed by atoms with van der Waals surface area (Å²) >= 11 is 1.80. The Bertz CT molecular complexity index is 731. The van der Waals surface area contributed by atoms with E-state index in [1.807, 2.05) is 18.2 Å². The predicted molar refractivity (Wildman–Crippen MR) is 111 cm³/mol. The molecule has 0 aromatic heterocycles. The minimum atomic E-state index is 0. The summed E-state index contributed by atoms with van der Waals surface area (Å²) in [6.07, 6.45) is 11.0. The average molecular weight is 507 g/mol. The number of benzene rings is 2. The average Bonchev–Trinajstić information content (AvgIpc) is 3.32. The van der Waals surface area contributed by atoms with Crippen LogP contribution in [0.1, 0.15) is 45.2 Å². The van der Waals surface area contributed by atoms with Crippen LogP contribution in [0.15, 0.2) is 60.7 Å². The molecule has 2 aliphatic carbocycles. The molecule has 0 unspecified atom stereocenters. The topological polar surface area (TPSA) is 0 Å². The fourth-order valence-corrected chi connectivity index (χ4v) is 4.34. The van der Waals surface area contributed by atoms with Crippen molar-refractivity contribution >= 4 is 5.43 Å². The molecule has 0 atom stereocenters. The summed E-state index contributed by atoms with van der Waals surface area (Å²) in [5, 5.41) is 0. The SMILES string of the molecule is CC(C)[Si](=[Zr+2])C(C)C.[C-]1=CC=CC1.[Cl-].[Cl-].[c-]1cccc2c1Cc1ccccc1-2. The Morgan fingerprint density at radius 2 is 1.57 bits per heavy atom. The van der Waals surface area contributed by atoms with Crippen molar-refractivity contribution in [1.82, 2.24) is 0 Å². The zero-order valence-corrected chi connectivity index (χ0v) is 22.1. The van der Waals surface area contributed by atoms with Crippen LogP contribution in [0.4, 0.5) is 0 Å². The van der Waals surface area contributed by atoms with Gasteiger partial charge in [-0.15, -0.1) is 12.0 Å². The first-order chi connectivity index (χ1) is 12.5. The van der Waals surface area contributed by atoms with Gasteiger partial charge in [0, 0.05) is 0 Å². The summed E-state index contributed by atoms with van der Waals surface area (Å²) in [7, 11) is 0. The maximum absolute atomic E-state index is 3.30. The van der Waals surface area contributed by atoms with Crippen molar-refractivity contribution in [3.63, 3.8) is 0 Å². The minimum Gasteiger partial charge on any atom is -1.00 e. The molecule has 0 radical (unpaired) electrons. The molecule has 0 fully saturated rings. The van der Waals surface area contributed by atoms with Gasteiger partial charge < -0.3 is 24.8 Å². The van der Waals surface area contributed by atoms with Crippen molar-refractivity contribution in [2.24, 2.45) is 0 Å². The first-order valence-electron chi connectivity index (χ1n) is 9.38. The van der Waals surface area contributed by atoms with E-state index in [9.17, 15) is 0 Å². The van der Waals surface area contributed by atoms with Crippen LogP contribution in [0.25, 0.3) is 11.1 Å². The molecule has 4 rings (SSSR count). The van der Waals surface area contributed by atoms with Gasteiger partial charge in [-0.25, -0.2) is 12.2 Å². The third kappa shape index (κ3) is 8.54. The van der Waals surface area contributed by atoms with Crippen molar-refractivity contribution in [3.8, 4) is 11.1 Å². The fraction of sp³-hybridized carbons (Fsp3) is 0.333. The number of allylic oxidation sites excluding steroid dienone is 4. The molecule has 28 heavy (non-hydrogen) atoms. The normalized spacial score (nSPS) is 12.0. The number of rotatable bonds is 2. The maximum atomic E-state index is 3.30. The van der Waals surface area contributed by atoms with Crippen LogP contribution in [0.5, 0.6) is 0 Å². The van der Waals surface area contributed by atoms with E-state index >= 15 is 0 Å². The van der Waals surface area contributed by atoms with E-state index in [0.29, 0.717) is 0 Å². The van der Waals surface area contributed by atoms with Crippen molar-refractivity contribution in [1.29, 1.82) is 0 Å². The molecule has 0 amide bonds. The van der Waals surface area contributed by atoms with Crippen LogP contribution < -0.4 is 24.8 Å². The second-order valence-corrected chi connectivity index (χ2v) is 14.6. The Hall–Kier alpha value is -0.400. The molecule has 2 aromatic carbocycles. The van der Waals surface area contributed by atoms with E-state index in [2.05, 4.69) is 82.3 Å². The van der Waals surface area contributed by atoms with E-state index < -0.39 is 0 Å². The van der Waals surface area contributed by atoms with Gasteiger partial charge in [0.1, 0.15) is 0 Å². The molecule has 0 aliphatic heterocycles. The van der Waals surface area contributed by atoms with Gasteiger partial charge in [-0.3, -0.25) is 6.08 Å². The first-order valence-corrected chi connectivity index (χ1v) is 14.7. The second kappa shape index (κ2) is 14.6. The Morgan fingerprint density at radius 1 is 0.929 bits per heavy atom. The molecule has 0 heterocycles. The first kappa shape index (κ1) is 27.6. The van der Waals surface area contributed by atoms with Gasteiger partial charge in [0.25, 0.3) is 0 Å². The Balaban J connectivity index is 0.000000423. The largest absolute Gasteiger partial charge is 1.00 e. The summed E-state index contributed by atoms with van der Waals surface area (Å²) in [4.78, 5) is 0. The summed E-state index contributed by atoms with van der Waals surface area (Å²) in [6.45, 7) is 9.40. The fourth-order valence-electron chi connectivity index (χ4n) is 3.00. The summed E-state index contributed by atoms with van der Waals surface area (Å²) < 4.78 is 0. The van der Waals surface area contributed by atoms with Gasteiger partial charge >= 0.3 is 67.5 Å². The monoisotopic (exact) mass is 504 g/mol. The summed E-state index contributed by atoms with van der Waals surface area (Å²) in [5.74, 6) is 0. The van der Waals surface area contributed by atoms with Crippen molar-refractivity contribution in [2.75, 3.05) is 0 Å². The van der Waals surface area contributed by atoms with Crippen molar-refractivity contribution in [2.45, 2.75) is 51.6 Å². The van der Waals surface area contributed by atoms with E-state index in [0.717, 1.165) is 23.9 Å². The van der Waals surface area contributed by atoms with Crippen LogP contribution in [-0.2, 0) is 29.8 Å². The molecule has 2 aliphatic rings. The van der Waals surface area contributed by atoms with Crippen LogP contribution in [0, 0.1) is 12.1 Å². The molecular weight excluding hydrogens is 478 g/mol. The van der Waals surface area contributed by atoms with E-state index in [-0.39, 0.29) is 30.2 Å². The second-order valence-electron chi connectivity index (χ2n) is 7.16. The molecule has 0 saturated heterocycles. The zero-order chi connectivity index (χ0) is 18.9. The van der Waals surface area contributed by atoms with Gasteiger partial charge in [-0.05, 0) is 6.42 Å². The number of fused-ring (bicyclic) bond motifs is 3. The Morgan fingerprint density at radius 3 is 2.07 bits per heavy atom. The zero-order valence-electron chi connectivity index (χ0n) is 17.1. The molecule has 0 spiro atoms. The number of hydrogen-bond donors (Lipinski definition) is 0. The van der Waals surface area contributed by atoms with Gasteiger partial charge in [-0.1, -0.05) is 35.4 Å². The molecule has 148 valence electrons. The summed E-state index contributed by atoms with van der Waals surface area (Å²) in [5.41, 5.74) is 7.55. The van der Waals surface area contributed by atoms with Crippen LogP contribution in [-0.4, -0.2) is 5.43 Å². The van der Waals surface area contributed by atoms with Gasteiger partial charge in [0.2, 0.25) is 0 Å².